The number of benzene rings is 1. The standard InChI is InChI=1S/C8H9ClFNO3S/c9-6-1-2-7(10)8(5-6)15(13,14)11-3-4-12/h1-2,5,11-12H,3-4H2. The molecule has 1 aromatic carbocycles. The fourth-order valence-corrected chi connectivity index (χ4v) is 2.30. The van der Waals surface area contributed by atoms with Gasteiger partial charge in [0.1, 0.15) is 10.7 Å². The summed E-state index contributed by atoms with van der Waals surface area (Å²) in [6.45, 7) is -0.532. The van der Waals surface area contributed by atoms with Gasteiger partial charge in [0.05, 0.1) is 6.61 Å². The summed E-state index contributed by atoms with van der Waals surface area (Å²) in [5.41, 5.74) is 0. The largest absolute Gasteiger partial charge is 0.395 e. The van der Waals surface area contributed by atoms with Crippen LogP contribution in [0.5, 0.6) is 0 Å². The molecule has 1 aromatic rings. The SMILES string of the molecule is O=S(=O)(NCCO)c1cc(Cl)ccc1F. The molecule has 84 valence electrons. The van der Waals surface area contributed by atoms with Gasteiger partial charge in [-0.15, -0.1) is 0 Å². The number of rotatable bonds is 4. The normalized spacial score (nSPS) is 11.7. The van der Waals surface area contributed by atoms with Crippen LogP contribution in [0.1, 0.15) is 0 Å². The van der Waals surface area contributed by atoms with Gasteiger partial charge in [-0.1, -0.05) is 11.6 Å². The summed E-state index contributed by atoms with van der Waals surface area (Å²) in [4.78, 5) is -0.525. The monoisotopic (exact) mass is 253 g/mol. The summed E-state index contributed by atoms with van der Waals surface area (Å²) in [7, 11) is -3.95. The smallest absolute Gasteiger partial charge is 0.243 e. The molecule has 4 nitrogen and oxygen atoms in total. The first kappa shape index (κ1) is 12.4. The quantitative estimate of drug-likeness (QED) is 0.832. The molecule has 2 N–H and O–H groups in total. The molecular weight excluding hydrogens is 245 g/mol. The van der Waals surface area contributed by atoms with Crippen LogP contribution < -0.4 is 4.72 Å². The van der Waals surface area contributed by atoms with Gasteiger partial charge in [-0.05, 0) is 18.2 Å². The van der Waals surface area contributed by atoms with E-state index >= 15 is 0 Å². The molecular formula is C8H9ClFNO3S. The van der Waals surface area contributed by atoms with E-state index in [1.807, 2.05) is 4.72 Å². The zero-order chi connectivity index (χ0) is 11.5. The Morgan fingerprint density at radius 3 is 2.73 bits per heavy atom. The number of aliphatic hydroxyl groups excluding tert-OH is 1. The van der Waals surface area contributed by atoms with E-state index < -0.39 is 20.7 Å². The van der Waals surface area contributed by atoms with Crippen LogP contribution in [0.25, 0.3) is 0 Å². The van der Waals surface area contributed by atoms with Crippen LogP contribution in [-0.4, -0.2) is 26.7 Å². The van der Waals surface area contributed by atoms with Crippen LogP contribution in [0.15, 0.2) is 23.1 Å². The first-order chi connectivity index (χ1) is 6.97. The van der Waals surface area contributed by atoms with Crippen molar-refractivity contribution in [2.75, 3.05) is 13.2 Å². The van der Waals surface area contributed by atoms with Crippen LogP contribution in [0.4, 0.5) is 4.39 Å². The van der Waals surface area contributed by atoms with Crippen LogP contribution in [0.2, 0.25) is 5.02 Å². The second-order valence-corrected chi connectivity index (χ2v) is 4.87. The maximum atomic E-state index is 13.2. The first-order valence-corrected chi connectivity index (χ1v) is 5.89. The van der Waals surface area contributed by atoms with Crippen LogP contribution >= 0.6 is 11.6 Å². The third-order valence-corrected chi connectivity index (χ3v) is 3.30. The summed E-state index contributed by atoms with van der Waals surface area (Å²) in [6.07, 6.45) is 0. The van der Waals surface area contributed by atoms with E-state index in [0.717, 1.165) is 12.1 Å². The van der Waals surface area contributed by atoms with E-state index in [1.54, 1.807) is 0 Å². The molecule has 15 heavy (non-hydrogen) atoms. The highest BCUT2D eigenvalue weighted by molar-refractivity contribution is 7.89. The molecule has 1 rings (SSSR count). The minimum absolute atomic E-state index is 0.126. The molecule has 0 unspecified atom stereocenters. The van der Waals surface area contributed by atoms with E-state index in [2.05, 4.69) is 0 Å². The van der Waals surface area contributed by atoms with E-state index in [1.165, 1.54) is 6.07 Å². The Labute approximate surface area is 91.7 Å². The molecule has 0 bridgehead atoms. The van der Waals surface area contributed by atoms with Crippen molar-refractivity contribution in [1.29, 1.82) is 0 Å². The molecule has 0 fully saturated rings. The molecule has 0 heterocycles. The summed E-state index contributed by atoms with van der Waals surface area (Å²) in [5.74, 6) is -0.884. The Morgan fingerprint density at radius 1 is 1.47 bits per heavy atom. The second-order valence-electron chi connectivity index (χ2n) is 2.70. The van der Waals surface area contributed by atoms with Crippen molar-refractivity contribution >= 4 is 21.6 Å². The molecule has 0 saturated carbocycles. The highest BCUT2D eigenvalue weighted by atomic mass is 35.5. The third-order valence-electron chi connectivity index (χ3n) is 1.59. The Hall–Kier alpha value is -0.690. The highest BCUT2D eigenvalue weighted by Gasteiger charge is 2.18. The molecule has 0 amide bonds. The van der Waals surface area contributed by atoms with Crippen LogP contribution in [0, 0.1) is 5.82 Å². The average molecular weight is 254 g/mol. The Balaban J connectivity index is 3.09. The first-order valence-electron chi connectivity index (χ1n) is 4.03. The molecule has 0 aromatic heterocycles. The zero-order valence-electron chi connectivity index (χ0n) is 7.57. The van der Waals surface area contributed by atoms with Crippen molar-refractivity contribution in [2.45, 2.75) is 4.90 Å². The van der Waals surface area contributed by atoms with E-state index in [9.17, 15) is 12.8 Å². The predicted molar refractivity (Wildman–Crippen MR) is 53.7 cm³/mol. The van der Waals surface area contributed by atoms with Crippen molar-refractivity contribution in [3.63, 3.8) is 0 Å². The Morgan fingerprint density at radius 2 is 2.13 bits per heavy atom. The van der Waals surface area contributed by atoms with E-state index in [-0.39, 0.29) is 18.2 Å². The fraction of sp³-hybridized carbons (Fsp3) is 0.250. The Bertz CT molecular complexity index is 449. The van der Waals surface area contributed by atoms with Crippen molar-refractivity contribution in [3.05, 3.63) is 29.0 Å². The number of hydrogen-bond acceptors (Lipinski definition) is 3. The van der Waals surface area contributed by atoms with Gasteiger partial charge in [0.15, 0.2) is 0 Å². The average Bonchev–Trinajstić information content (AvgIpc) is 2.18. The zero-order valence-corrected chi connectivity index (χ0v) is 9.15. The maximum Gasteiger partial charge on any atom is 0.243 e. The molecule has 0 aliphatic rings. The Kier molecular flexibility index (Phi) is 4.04. The van der Waals surface area contributed by atoms with Crippen molar-refractivity contribution in [2.24, 2.45) is 0 Å². The maximum absolute atomic E-state index is 13.2. The lowest BCUT2D eigenvalue weighted by Crippen LogP contribution is -2.27. The number of halogens is 2. The minimum atomic E-state index is -3.95. The molecule has 0 spiro atoms. The summed E-state index contributed by atoms with van der Waals surface area (Å²) < 4.78 is 38.1. The molecule has 0 aliphatic carbocycles. The van der Waals surface area contributed by atoms with Gasteiger partial charge in [-0.3, -0.25) is 0 Å². The van der Waals surface area contributed by atoms with Gasteiger partial charge in [-0.2, -0.15) is 0 Å². The highest BCUT2D eigenvalue weighted by Crippen LogP contribution is 2.19. The lowest BCUT2D eigenvalue weighted by atomic mass is 10.3. The summed E-state index contributed by atoms with van der Waals surface area (Å²) in [6, 6.07) is 3.23. The van der Waals surface area contributed by atoms with E-state index in [4.69, 9.17) is 16.7 Å². The van der Waals surface area contributed by atoms with Gasteiger partial charge in [0, 0.05) is 11.6 Å². The lowest BCUT2D eigenvalue weighted by Gasteiger charge is -2.06. The van der Waals surface area contributed by atoms with Crippen molar-refractivity contribution in [1.82, 2.24) is 4.72 Å². The predicted octanol–water partition coefficient (Wildman–Crippen LogP) is 0.750. The number of aliphatic hydroxyl groups is 1. The van der Waals surface area contributed by atoms with Crippen molar-refractivity contribution < 1.29 is 17.9 Å². The van der Waals surface area contributed by atoms with Crippen molar-refractivity contribution in [3.8, 4) is 0 Å². The second kappa shape index (κ2) is 4.89. The molecule has 7 heteroatoms. The summed E-state index contributed by atoms with van der Waals surface area (Å²) in [5, 5.41) is 8.58. The van der Waals surface area contributed by atoms with Crippen LogP contribution in [-0.2, 0) is 10.0 Å². The molecule has 0 atom stereocenters. The molecule has 0 radical (unpaired) electrons. The minimum Gasteiger partial charge on any atom is -0.395 e. The van der Waals surface area contributed by atoms with Gasteiger partial charge in [0.25, 0.3) is 0 Å². The number of sulfonamides is 1. The van der Waals surface area contributed by atoms with Gasteiger partial charge in [-0.25, -0.2) is 17.5 Å². The van der Waals surface area contributed by atoms with E-state index in [0.29, 0.717) is 0 Å². The number of hydrogen-bond donors (Lipinski definition) is 2. The fourth-order valence-electron chi connectivity index (χ4n) is 0.941. The van der Waals surface area contributed by atoms with Gasteiger partial charge < -0.3 is 5.11 Å². The molecule has 0 saturated heterocycles. The van der Waals surface area contributed by atoms with Crippen LogP contribution in [0.3, 0.4) is 0 Å². The molecule has 0 aliphatic heterocycles. The van der Waals surface area contributed by atoms with Gasteiger partial charge >= 0.3 is 0 Å². The third kappa shape index (κ3) is 3.13. The van der Waals surface area contributed by atoms with Gasteiger partial charge in [0.2, 0.25) is 10.0 Å². The number of nitrogens with one attached hydrogen (secondary N) is 1. The topological polar surface area (TPSA) is 66.4 Å². The lowest BCUT2D eigenvalue weighted by molar-refractivity contribution is 0.301. The summed E-state index contributed by atoms with van der Waals surface area (Å²) >= 11 is 5.55.